The number of aromatic nitrogens is 1. The van der Waals surface area contributed by atoms with E-state index in [0.29, 0.717) is 39.6 Å². The molecule has 198 valence electrons. The molecule has 1 N–H and O–H groups in total. The lowest BCUT2D eigenvalue weighted by atomic mass is 9.93. The Morgan fingerprint density at radius 3 is 2.29 bits per heavy atom. The van der Waals surface area contributed by atoms with Crippen molar-refractivity contribution in [1.82, 2.24) is 4.98 Å². The number of aliphatic hydroxyl groups is 1. The number of hydrogen-bond donors (Lipinski definition) is 1. The van der Waals surface area contributed by atoms with E-state index < -0.39 is 23.7 Å². The summed E-state index contributed by atoms with van der Waals surface area (Å²) in [4.78, 5) is 45.0. The molecule has 1 aliphatic heterocycles. The molecule has 1 atom stereocenters. The smallest absolute Gasteiger partial charge is 0.350 e. The number of aryl methyl sites for hydroxylation is 2. The summed E-state index contributed by atoms with van der Waals surface area (Å²) in [5.41, 5.74) is 1.66. The molecule has 1 saturated heterocycles. The fourth-order valence-corrected chi connectivity index (χ4v) is 5.32. The van der Waals surface area contributed by atoms with Gasteiger partial charge in [-0.25, -0.2) is 9.78 Å². The van der Waals surface area contributed by atoms with Crippen molar-refractivity contribution in [1.29, 1.82) is 0 Å². The lowest BCUT2D eigenvalue weighted by molar-refractivity contribution is -0.132. The number of Topliss-reactive ketones (excluding diaryl/α,β-unsaturated/α-hetero) is 1. The molecule has 2 aromatic carbocycles. The number of amides is 1. The number of anilines is 1. The molecule has 38 heavy (non-hydrogen) atoms. The van der Waals surface area contributed by atoms with Gasteiger partial charge in [-0.3, -0.25) is 14.5 Å². The first-order valence-corrected chi connectivity index (χ1v) is 12.2. The number of rotatable bonds is 7. The van der Waals surface area contributed by atoms with E-state index in [1.54, 1.807) is 50.2 Å². The molecule has 0 saturated carbocycles. The van der Waals surface area contributed by atoms with Crippen LogP contribution in [0.1, 0.15) is 38.1 Å². The Kier molecular flexibility index (Phi) is 7.40. The van der Waals surface area contributed by atoms with E-state index >= 15 is 0 Å². The third kappa shape index (κ3) is 4.45. The normalized spacial score (nSPS) is 16.5. The van der Waals surface area contributed by atoms with Crippen molar-refractivity contribution in [2.75, 3.05) is 33.3 Å². The van der Waals surface area contributed by atoms with Gasteiger partial charge in [0.05, 0.1) is 45.7 Å². The van der Waals surface area contributed by atoms with E-state index in [2.05, 4.69) is 4.98 Å². The summed E-state index contributed by atoms with van der Waals surface area (Å²) in [5.74, 6) is -1.39. The molecule has 11 heteroatoms. The van der Waals surface area contributed by atoms with Crippen LogP contribution in [0.25, 0.3) is 5.76 Å². The number of nitrogens with zero attached hydrogens (tertiary/aromatic N) is 2. The number of carbonyl (C=O) groups is 3. The Balaban J connectivity index is 1.98. The van der Waals surface area contributed by atoms with Gasteiger partial charge in [0.25, 0.3) is 5.78 Å². The van der Waals surface area contributed by atoms with Crippen LogP contribution in [-0.4, -0.2) is 56.2 Å². The Labute approximate surface area is 223 Å². The summed E-state index contributed by atoms with van der Waals surface area (Å²) >= 11 is 0.919. The topological polar surface area (TPSA) is 124 Å². The van der Waals surface area contributed by atoms with Crippen molar-refractivity contribution >= 4 is 39.9 Å². The van der Waals surface area contributed by atoms with Gasteiger partial charge in [0.1, 0.15) is 16.4 Å². The van der Waals surface area contributed by atoms with Crippen LogP contribution in [0, 0.1) is 13.8 Å². The molecule has 0 unspecified atom stereocenters. The maximum atomic E-state index is 13.5. The van der Waals surface area contributed by atoms with Crippen LogP contribution in [0.2, 0.25) is 0 Å². The fourth-order valence-electron chi connectivity index (χ4n) is 4.31. The van der Waals surface area contributed by atoms with Gasteiger partial charge in [0.15, 0.2) is 16.6 Å². The highest BCUT2D eigenvalue weighted by atomic mass is 32.1. The summed E-state index contributed by atoms with van der Waals surface area (Å²) in [6, 6.07) is 8.83. The van der Waals surface area contributed by atoms with Gasteiger partial charge in [0.2, 0.25) is 0 Å². The molecule has 1 amide bonds. The third-order valence-corrected chi connectivity index (χ3v) is 7.36. The van der Waals surface area contributed by atoms with Crippen molar-refractivity contribution in [2.45, 2.75) is 19.9 Å². The maximum Gasteiger partial charge on any atom is 0.350 e. The van der Waals surface area contributed by atoms with Crippen LogP contribution >= 0.6 is 11.3 Å². The van der Waals surface area contributed by atoms with Crippen LogP contribution in [0.3, 0.4) is 0 Å². The molecule has 0 bridgehead atoms. The number of esters is 1. The molecule has 0 aliphatic carbocycles. The van der Waals surface area contributed by atoms with Gasteiger partial charge in [-0.05, 0) is 55.3 Å². The van der Waals surface area contributed by atoms with E-state index in [1.807, 2.05) is 0 Å². The largest absolute Gasteiger partial charge is 0.507 e. The number of thiazole rings is 1. The Bertz CT molecular complexity index is 1480. The predicted octanol–water partition coefficient (Wildman–Crippen LogP) is 4.20. The molecule has 1 fully saturated rings. The summed E-state index contributed by atoms with van der Waals surface area (Å²) in [5, 5.41) is 11.6. The van der Waals surface area contributed by atoms with E-state index in [1.165, 1.54) is 33.3 Å². The molecule has 10 nitrogen and oxygen atoms in total. The first-order chi connectivity index (χ1) is 18.2. The predicted molar refractivity (Wildman–Crippen MR) is 140 cm³/mol. The summed E-state index contributed by atoms with van der Waals surface area (Å²) < 4.78 is 20.9. The van der Waals surface area contributed by atoms with E-state index in [0.717, 1.165) is 11.3 Å². The molecular formula is C27H26N2O8S. The molecule has 0 spiro atoms. The van der Waals surface area contributed by atoms with E-state index in [9.17, 15) is 19.5 Å². The average molecular weight is 539 g/mol. The van der Waals surface area contributed by atoms with Crippen molar-refractivity contribution < 1.29 is 38.4 Å². The highest BCUT2D eigenvalue weighted by Crippen LogP contribution is 2.45. The highest BCUT2D eigenvalue weighted by molar-refractivity contribution is 7.17. The minimum atomic E-state index is -1.08. The first-order valence-electron chi connectivity index (χ1n) is 11.4. The van der Waals surface area contributed by atoms with Crippen LogP contribution in [-0.2, 0) is 14.3 Å². The van der Waals surface area contributed by atoms with Crippen molar-refractivity contribution in [2.24, 2.45) is 0 Å². The highest BCUT2D eigenvalue weighted by Gasteiger charge is 2.48. The van der Waals surface area contributed by atoms with E-state index in [-0.39, 0.29) is 21.3 Å². The molecule has 3 aromatic rings. The van der Waals surface area contributed by atoms with Gasteiger partial charge in [-0.2, -0.15) is 0 Å². The van der Waals surface area contributed by atoms with Crippen LogP contribution in [0.15, 0.2) is 42.0 Å². The Morgan fingerprint density at radius 1 is 0.974 bits per heavy atom. The zero-order chi connectivity index (χ0) is 27.7. The van der Waals surface area contributed by atoms with Gasteiger partial charge in [-0.1, -0.05) is 17.4 Å². The number of aliphatic hydroxyl groups excluding tert-OH is 1. The third-order valence-electron chi connectivity index (χ3n) is 6.22. The number of ether oxygens (including phenoxy) is 4. The van der Waals surface area contributed by atoms with Gasteiger partial charge in [0, 0.05) is 5.56 Å². The molecule has 2 heterocycles. The number of hydrogen-bond acceptors (Lipinski definition) is 10. The van der Waals surface area contributed by atoms with Gasteiger partial charge >= 0.3 is 11.9 Å². The van der Waals surface area contributed by atoms with Crippen molar-refractivity contribution in [3.05, 3.63) is 69.2 Å². The molecule has 1 aromatic heterocycles. The molecular weight excluding hydrogens is 512 g/mol. The minimum absolute atomic E-state index is 0.107. The van der Waals surface area contributed by atoms with Crippen molar-refractivity contribution in [3.8, 4) is 17.2 Å². The number of methoxy groups -OCH3 is 4. The molecule has 1 aliphatic rings. The zero-order valence-corrected chi connectivity index (χ0v) is 22.5. The first kappa shape index (κ1) is 26.7. The zero-order valence-electron chi connectivity index (χ0n) is 21.6. The molecule has 0 radical (unpaired) electrons. The minimum Gasteiger partial charge on any atom is -0.507 e. The van der Waals surface area contributed by atoms with Crippen molar-refractivity contribution in [3.63, 3.8) is 0 Å². The van der Waals surface area contributed by atoms with Crippen LogP contribution < -0.4 is 19.1 Å². The second-order valence-corrected chi connectivity index (χ2v) is 9.34. The standard InChI is InChI=1S/C27H26N2O8S/c1-13-11-16(34-3)8-9-17(13)22(30)20-21(15-7-10-18(35-4)19(12-15)36-5)29(25(32)23(20)31)27-28-14(2)24(38-27)26(33)37-6/h7-12,21,30H,1-6H3/t21-/m1/s1. The second kappa shape index (κ2) is 10.5. The Hall–Kier alpha value is -4.38. The van der Waals surface area contributed by atoms with Crippen LogP contribution in [0.4, 0.5) is 5.13 Å². The summed E-state index contributed by atoms with van der Waals surface area (Å²) in [7, 11) is 5.72. The number of carbonyl (C=O) groups excluding carboxylic acids is 3. The summed E-state index contributed by atoms with van der Waals surface area (Å²) in [6.07, 6.45) is 0. The lowest BCUT2D eigenvalue weighted by Gasteiger charge is -2.24. The lowest BCUT2D eigenvalue weighted by Crippen LogP contribution is -2.29. The monoisotopic (exact) mass is 538 g/mol. The summed E-state index contributed by atoms with van der Waals surface area (Å²) in [6.45, 7) is 3.36. The average Bonchev–Trinajstić information content (AvgIpc) is 3.43. The fraction of sp³-hybridized carbons (Fsp3) is 0.259. The SMILES string of the molecule is COC(=O)c1sc(N2C(=O)C(=O)C(=C(O)c3ccc(OC)cc3C)[C@H]2c2ccc(OC)c(OC)c2)nc1C. The van der Waals surface area contributed by atoms with Gasteiger partial charge < -0.3 is 24.1 Å². The Morgan fingerprint density at radius 2 is 1.68 bits per heavy atom. The quantitative estimate of drug-likeness (QED) is 0.204. The second-order valence-electron chi connectivity index (χ2n) is 8.37. The van der Waals surface area contributed by atoms with Crippen LogP contribution in [0.5, 0.6) is 17.2 Å². The van der Waals surface area contributed by atoms with Gasteiger partial charge in [-0.15, -0.1) is 0 Å². The number of ketones is 1. The van der Waals surface area contributed by atoms with E-state index in [4.69, 9.17) is 18.9 Å². The molecule has 4 rings (SSSR count). The maximum absolute atomic E-state index is 13.5. The number of benzene rings is 2.